The molecule has 1 aromatic heterocycles. The summed E-state index contributed by atoms with van der Waals surface area (Å²) in [5.41, 5.74) is 2.60. The number of hydrogen-bond donors (Lipinski definition) is 1. The molecule has 1 atom stereocenters. The van der Waals surface area contributed by atoms with Crippen molar-refractivity contribution in [3.63, 3.8) is 0 Å². The number of carboxylic acid groups (broad SMARTS) is 1. The van der Waals surface area contributed by atoms with Crippen molar-refractivity contribution in [3.05, 3.63) is 83.3 Å². The largest absolute Gasteiger partial charge is 0.480 e. The maximum absolute atomic E-state index is 14.0. The first kappa shape index (κ1) is 16.5. The van der Waals surface area contributed by atoms with Gasteiger partial charge in [0.2, 0.25) is 0 Å². The molecule has 0 fully saturated rings. The number of aliphatic carboxylic acids is 1. The number of nitrogens with zero attached hydrogens (tertiary/aromatic N) is 1. The van der Waals surface area contributed by atoms with Crippen LogP contribution in [0.1, 0.15) is 29.5 Å². The molecule has 26 heavy (non-hydrogen) atoms. The summed E-state index contributed by atoms with van der Waals surface area (Å²) >= 11 is 0. The van der Waals surface area contributed by atoms with Gasteiger partial charge in [0.25, 0.3) is 0 Å². The van der Waals surface area contributed by atoms with E-state index in [2.05, 4.69) is 4.98 Å². The fraction of sp³-hybridized carbons (Fsp3) is 0.182. The highest BCUT2D eigenvalue weighted by molar-refractivity contribution is 5.91. The molecule has 1 unspecified atom stereocenters. The van der Waals surface area contributed by atoms with E-state index in [1.165, 1.54) is 6.07 Å². The van der Waals surface area contributed by atoms with Gasteiger partial charge >= 0.3 is 5.97 Å². The first-order chi connectivity index (χ1) is 12.5. The molecule has 0 saturated heterocycles. The normalized spacial score (nSPS) is 19.5. The molecule has 0 amide bonds. The quantitative estimate of drug-likeness (QED) is 0.734. The second-order valence-corrected chi connectivity index (χ2v) is 6.77. The molecule has 4 heteroatoms. The molecule has 0 bridgehead atoms. The van der Waals surface area contributed by atoms with E-state index >= 15 is 0 Å². The zero-order chi connectivity index (χ0) is 18.3. The van der Waals surface area contributed by atoms with Crippen LogP contribution in [0.2, 0.25) is 0 Å². The summed E-state index contributed by atoms with van der Waals surface area (Å²) in [7, 11) is 0. The van der Waals surface area contributed by atoms with E-state index in [1.807, 2.05) is 30.3 Å². The highest BCUT2D eigenvalue weighted by Gasteiger charge is 2.43. The number of allylic oxidation sites excluding steroid dienone is 1. The molecular formula is C22H18FNO2. The number of halogens is 1. The van der Waals surface area contributed by atoms with Crippen molar-refractivity contribution in [2.45, 2.75) is 25.2 Å². The van der Waals surface area contributed by atoms with Gasteiger partial charge in [0.1, 0.15) is 11.2 Å². The Kier molecular flexibility index (Phi) is 3.83. The first-order valence-corrected chi connectivity index (χ1v) is 8.57. The third-order valence-electron chi connectivity index (χ3n) is 5.31. The van der Waals surface area contributed by atoms with Crippen LogP contribution < -0.4 is 0 Å². The zero-order valence-corrected chi connectivity index (χ0v) is 14.4. The maximum atomic E-state index is 14.0. The summed E-state index contributed by atoms with van der Waals surface area (Å²) < 4.78 is 14.0. The summed E-state index contributed by atoms with van der Waals surface area (Å²) in [6.07, 6.45) is 4.61. The van der Waals surface area contributed by atoms with Gasteiger partial charge in [-0.1, -0.05) is 30.3 Å². The van der Waals surface area contributed by atoms with Crippen LogP contribution in [0.15, 0.2) is 60.8 Å². The Morgan fingerprint density at radius 2 is 2.04 bits per heavy atom. The average Bonchev–Trinajstić information content (AvgIpc) is 3.10. The van der Waals surface area contributed by atoms with E-state index in [9.17, 15) is 14.3 Å². The zero-order valence-electron chi connectivity index (χ0n) is 14.4. The minimum atomic E-state index is -1.19. The Bertz CT molecular complexity index is 1060. The lowest BCUT2D eigenvalue weighted by molar-refractivity contribution is -0.141. The number of benzene rings is 2. The van der Waals surface area contributed by atoms with Crippen molar-refractivity contribution in [1.29, 1.82) is 0 Å². The van der Waals surface area contributed by atoms with Gasteiger partial charge < -0.3 is 5.11 Å². The van der Waals surface area contributed by atoms with E-state index in [4.69, 9.17) is 0 Å². The SMILES string of the molecule is Cc1c(F)cccc1C1(C(=O)O)C=C(c2ccc3ncccc3c2)CC1. The third kappa shape index (κ3) is 2.49. The Labute approximate surface area is 150 Å². The van der Waals surface area contributed by atoms with E-state index in [-0.39, 0.29) is 5.82 Å². The van der Waals surface area contributed by atoms with Crippen molar-refractivity contribution >= 4 is 22.4 Å². The standard InChI is InChI=1S/C22H18FNO2/c1-14-18(5-2-6-19(14)23)22(21(25)26)10-9-17(13-22)15-7-8-20-16(12-15)4-3-11-24-20/h2-8,11-13H,9-10H2,1H3,(H,25,26). The topological polar surface area (TPSA) is 50.2 Å². The predicted octanol–water partition coefficient (Wildman–Crippen LogP) is 4.88. The van der Waals surface area contributed by atoms with Gasteiger partial charge in [-0.3, -0.25) is 9.78 Å². The lowest BCUT2D eigenvalue weighted by Gasteiger charge is -2.24. The highest BCUT2D eigenvalue weighted by Crippen LogP contribution is 2.44. The molecule has 3 nitrogen and oxygen atoms in total. The summed E-state index contributed by atoms with van der Waals surface area (Å²) in [6.45, 7) is 1.64. The molecule has 0 spiro atoms. The Morgan fingerprint density at radius 3 is 2.85 bits per heavy atom. The Morgan fingerprint density at radius 1 is 1.19 bits per heavy atom. The molecule has 1 aliphatic carbocycles. The van der Waals surface area contributed by atoms with Gasteiger partial charge in [-0.2, -0.15) is 0 Å². The van der Waals surface area contributed by atoms with Gasteiger partial charge in [0.05, 0.1) is 5.52 Å². The van der Waals surface area contributed by atoms with Crippen molar-refractivity contribution in [1.82, 2.24) is 4.98 Å². The molecule has 1 N–H and O–H groups in total. The van der Waals surface area contributed by atoms with Gasteiger partial charge in [0.15, 0.2) is 0 Å². The summed E-state index contributed by atoms with van der Waals surface area (Å²) in [5, 5.41) is 11.0. The van der Waals surface area contributed by atoms with Crippen LogP contribution in [0.5, 0.6) is 0 Å². The summed E-state index contributed by atoms with van der Waals surface area (Å²) in [5.74, 6) is -1.31. The number of hydrogen-bond acceptors (Lipinski definition) is 2. The Balaban J connectivity index is 1.84. The lowest BCUT2D eigenvalue weighted by atomic mass is 9.78. The predicted molar refractivity (Wildman–Crippen MR) is 99.4 cm³/mol. The number of carbonyl (C=O) groups is 1. The second kappa shape index (κ2) is 6.06. The van der Waals surface area contributed by atoms with Gasteiger partial charge in [-0.25, -0.2) is 4.39 Å². The highest BCUT2D eigenvalue weighted by atomic mass is 19.1. The van der Waals surface area contributed by atoms with Crippen LogP contribution in [0.25, 0.3) is 16.5 Å². The number of aromatic nitrogens is 1. The van der Waals surface area contributed by atoms with E-state index in [0.29, 0.717) is 24.0 Å². The fourth-order valence-corrected chi connectivity index (χ4v) is 3.86. The number of fused-ring (bicyclic) bond motifs is 1. The number of pyridine rings is 1. The van der Waals surface area contributed by atoms with Crippen molar-refractivity contribution in [2.75, 3.05) is 0 Å². The van der Waals surface area contributed by atoms with Crippen LogP contribution in [0.3, 0.4) is 0 Å². The summed E-state index contributed by atoms with van der Waals surface area (Å²) in [4.78, 5) is 16.5. The molecule has 0 aliphatic heterocycles. The van der Waals surface area contributed by atoms with Gasteiger partial charge in [-0.05, 0) is 66.3 Å². The first-order valence-electron chi connectivity index (χ1n) is 8.57. The van der Waals surface area contributed by atoms with Crippen LogP contribution in [0, 0.1) is 12.7 Å². The van der Waals surface area contributed by atoms with Crippen molar-refractivity contribution in [2.24, 2.45) is 0 Å². The number of carboxylic acids is 1. The van der Waals surface area contributed by atoms with Gasteiger partial charge in [0, 0.05) is 11.6 Å². The third-order valence-corrected chi connectivity index (χ3v) is 5.31. The van der Waals surface area contributed by atoms with Crippen molar-refractivity contribution < 1.29 is 14.3 Å². The van der Waals surface area contributed by atoms with Crippen LogP contribution in [-0.4, -0.2) is 16.1 Å². The number of rotatable bonds is 3. The smallest absolute Gasteiger partial charge is 0.318 e. The molecular weight excluding hydrogens is 329 g/mol. The molecule has 0 saturated carbocycles. The molecule has 1 aliphatic rings. The van der Waals surface area contributed by atoms with Crippen molar-refractivity contribution in [3.8, 4) is 0 Å². The molecule has 130 valence electrons. The lowest BCUT2D eigenvalue weighted by Crippen LogP contribution is -2.32. The molecule has 2 aromatic carbocycles. The van der Waals surface area contributed by atoms with Crippen LogP contribution in [0.4, 0.5) is 4.39 Å². The Hall–Kier alpha value is -3.01. The van der Waals surface area contributed by atoms with E-state index in [1.54, 1.807) is 31.3 Å². The second-order valence-electron chi connectivity index (χ2n) is 6.77. The molecule has 0 radical (unpaired) electrons. The molecule has 4 rings (SSSR count). The van der Waals surface area contributed by atoms with Crippen LogP contribution >= 0.6 is 0 Å². The minimum Gasteiger partial charge on any atom is -0.480 e. The maximum Gasteiger partial charge on any atom is 0.318 e. The fourth-order valence-electron chi connectivity index (χ4n) is 3.86. The summed E-state index contributed by atoms with van der Waals surface area (Å²) in [6, 6.07) is 14.5. The van der Waals surface area contributed by atoms with E-state index < -0.39 is 11.4 Å². The monoisotopic (exact) mass is 347 g/mol. The molecule has 1 heterocycles. The molecule has 3 aromatic rings. The minimum absolute atomic E-state index is 0.373. The van der Waals surface area contributed by atoms with Gasteiger partial charge in [-0.15, -0.1) is 0 Å². The average molecular weight is 347 g/mol. The van der Waals surface area contributed by atoms with E-state index in [0.717, 1.165) is 22.0 Å². The van der Waals surface area contributed by atoms with Crippen LogP contribution in [-0.2, 0) is 10.2 Å².